The van der Waals surface area contributed by atoms with E-state index in [9.17, 15) is 9.59 Å². The number of piperidine rings is 1. The zero-order chi connectivity index (χ0) is 15.6. The van der Waals surface area contributed by atoms with Gasteiger partial charge in [-0.05, 0) is 36.5 Å². The summed E-state index contributed by atoms with van der Waals surface area (Å²) >= 11 is 0. The number of nitrogens with one attached hydrogen (secondary N) is 1. The fraction of sp³-hybridized carbons (Fsp3) is 0.529. The Morgan fingerprint density at radius 2 is 2.05 bits per heavy atom. The summed E-state index contributed by atoms with van der Waals surface area (Å²) in [5, 5.41) is 2.47. The summed E-state index contributed by atoms with van der Waals surface area (Å²) in [6, 6.07) is 5.91. The molecule has 21 heavy (non-hydrogen) atoms. The van der Waals surface area contributed by atoms with Crippen molar-refractivity contribution < 1.29 is 14.3 Å². The molecule has 2 rings (SSSR count). The number of carbonyl (C=O) groups excluding carboxylic acids is 2. The van der Waals surface area contributed by atoms with Gasteiger partial charge in [0.15, 0.2) is 0 Å². The van der Waals surface area contributed by atoms with Gasteiger partial charge in [0.1, 0.15) is 5.75 Å². The van der Waals surface area contributed by atoms with Gasteiger partial charge in [-0.1, -0.05) is 26.0 Å². The number of imide groups is 1. The molecule has 2 amide bonds. The molecule has 0 aromatic heterocycles. The molecule has 1 saturated heterocycles. The summed E-state index contributed by atoms with van der Waals surface area (Å²) in [5.41, 5.74) is 2.07. The maximum atomic E-state index is 12.2. The molecule has 2 unspecified atom stereocenters. The Kier molecular flexibility index (Phi) is 4.66. The topological polar surface area (TPSA) is 55.4 Å². The lowest BCUT2D eigenvalue weighted by molar-refractivity contribution is -0.137. The predicted molar refractivity (Wildman–Crippen MR) is 81.2 cm³/mol. The normalized spacial score (nSPS) is 22.3. The van der Waals surface area contributed by atoms with E-state index in [2.05, 4.69) is 19.2 Å². The molecular weight excluding hydrogens is 266 g/mol. The Hall–Kier alpha value is -1.84. The summed E-state index contributed by atoms with van der Waals surface area (Å²) < 4.78 is 5.27. The van der Waals surface area contributed by atoms with Crippen LogP contribution in [-0.4, -0.2) is 18.9 Å². The number of methoxy groups -OCH3 is 1. The van der Waals surface area contributed by atoms with E-state index in [4.69, 9.17) is 4.74 Å². The maximum Gasteiger partial charge on any atom is 0.230 e. The first kappa shape index (κ1) is 15.5. The highest BCUT2D eigenvalue weighted by Crippen LogP contribution is 2.36. The van der Waals surface area contributed by atoms with Crippen molar-refractivity contribution in [3.8, 4) is 5.75 Å². The quantitative estimate of drug-likeness (QED) is 0.867. The van der Waals surface area contributed by atoms with Crippen molar-refractivity contribution in [2.24, 2.45) is 11.8 Å². The van der Waals surface area contributed by atoms with Gasteiger partial charge in [0, 0.05) is 18.3 Å². The molecule has 0 spiro atoms. The minimum absolute atomic E-state index is 0.0433. The third kappa shape index (κ3) is 3.43. The molecule has 1 aromatic carbocycles. The highest BCUT2D eigenvalue weighted by atomic mass is 16.5. The average molecular weight is 289 g/mol. The zero-order valence-corrected chi connectivity index (χ0v) is 13.1. The van der Waals surface area contributed by atoms with E-state index in [0.717, 1.165) is 23.3 Å². The highest BCUT2D eigenvalue weighted by molar-refractivity contribution is 5.99. The van der Waals surface area contributed by atoms with Crippen molar-refractivity contribution in [2.45, 2.75) is 39.5 Å². The van der Waals surface area contributed by atoms with Crippen LogP contribution in [0.15, 0.2) is 18.2 Å². The average Bonchev–Trinajstić information content (AvgIpc) is 2.41. The number of carbonyl (C=O) groups is 2. The minimum Gasteiger partial charge on any atom is -0.496 e. The van der Waals surface area contributed by atoms with E-state index in [0.29, 0.717) is 12.3 Å². The Morgan fingerprint density at radius 1 is 1.33 bits per heavy atom. The van der Waals surface area contributed by atoms with Crippen LogP contribution in [0.25, 0.3) is 0 Å². The van der Waals surface area contributed by atoms with Crippen LogP contribution in [0, 0.1) is 18.8 Å². The molecule has 0 saturated carbocycles. The van der Waals surface area contributed by atoms with Crippen molar-refractivity contribution in [2.75, 3.05) is 7.11 Å². The molecule has 1 N–H and O–H groups in total. The van der Waals surface area contributed by atoms with Crippen LogP contribution < -0.4 is 10.1 Å². The van der Waals surface area contributed by atoms with Crippen molar-refractivity contribution in [3.63, 3.8) is 0 Å². The molecule has 1 fully saturated rings. The van der Waals surface area contributed by atoms with Crippen LogP contribution in [0.2, 0.25) is 0 Å². The molecule has 1 heterocycles. The van der Waals surface area contributed by atoms with E-state index in [1.54, 1.807) is 7.11 Å². The largest absolute Gasteiger partial charge is 0.496 e. The van der Waals surface area contributed by atoms with E-state index in [1.807, 2.05) is 25.1 Å². The number of amides is 2. The SMILES string of the molecule is COc1ccc(C2CC(=O)NC(=O)C2CC(C)C)cc1C. The van der Waals surface area contributed by atoms with Crippen molar-refractivity contribution in [1.29, 1.82) is 0 Å². The number of ether oxygens (including phenoxy) is 1. The van der Waals surface area contributed by atoms with Gasteiger partial charge in [0.25, 0.3) is 0 Å². The van der Waals surface area contributed by atoms with Gasteiger partial charge >= 0.3 is 0 Å². The summed E-state index contributed by atoms with van der Waals surface area (Å²) in [6.07, 6.45) is 1.16. The number of hydrogen-bond acceptors (Lipinski definition) is 3. The molecule has 0 bridgehead atoms. The van der Waals surface area contributed by atoms with Gasteiger partial charge in [-0.15, -0.1) is 0 Å². The lowest BCUT2D eigenvalue weighted by atomic mass is 9.76. The van der Waals surface area contributed by atoms with Gasteiger partial charge < -0.3 is 4.74 Å². The van der Waals surface area contributed by atoms with E-state index >= 15 is 0 Å². The summed E-state index contributed by atoms with van der Waals surface area (Å²) in [6.45, 7) is 6.17. The van der Waals surface area contributed by atoms with Crippen molar-refractivity contribution >= 4 is 11.8 Å². The van der Waals surface area contributed by atoms with Crippen LogP contribution in [0.5, 0.6) is 5.75 Å². The minimum atomic E-state index is -0.182. The third-order valence-electron chi connectivity index (χ3n) is 4.06. The van der Waals surface area contributed by atoms with Crippen molar-refractivity contribution in [1.82, 2.24) is 5.32 Å². The monoisotopic (exact) mass is 289 g/mol. The predicted octanol–water partition coefficient (Wildman–Crippen LogP) is 2.80. The van der Waals surface area contributed by atoms with E-state index in [-0.39, 0.29) is 23.7 Å². The lowest BCUT2D eigenvalue weighted by Gasteiger charge is -2.31. The first-order valence-corrected chi connectivity index (χ1v) is 7.40. The number of hydrogen-bond donors (Lipinski definition) is 1. The Labute approximate surface area is 125 Å². The molecule has 0 aliphatic carbocycles. The smallest absolute Gasteiger partial charge is 0.230 e. The fourth-order valence-corrected chi connectivity index (χ4v) is 3.07. The standard InChI is InChI=1S/C17H23NO3/c1-10(2)7-14-13(9-16(19)18-17(14)20)12-5-6-15(21-4)11(3)8-12/h5-6,8,10,13-14H,7,9H2,1-4H3,(H,18,19,20). The van der Waals surface area contributed by atoms with Crippen LogP contribution in [0.3, 0.4) is 0 Å². The highest BCUT2D eigenvalue weighted by Gasteiger charge is 2.37. The Bertz CT molecular complexity index is 551. The molecule has 0 radical (unpaired) electrons. The maximum absolute atomic E-state index is 12.2. The molecule has 114 valence electrons. The van der Waals surface area contributed by atoms with Gasteiger partial charge in [-0.3, -0.25) is 14.9 Å². The second kappa shape index (κ2) is 6.29. The van der Waals surface area contributed by atoms with Gasteiger partial charge in [0.05, 0.1) is 7.11 Å². The second-order valence-corrected chi connectivity index (χ2v) is 6.19. The number of benzene rings is 1. The molecule has 1 aliphatic heterocycles. The van der Waals surface area contributed by atoms with Gasteiger partial charge in [-0.2, -0.15) is 0 Å². The fourth-order valence-electron chi connectivity index (χ4n) is 3.07. The Balaban J connectivity index is 2.34. The van der Waals surface area contributed by atoms with Crippen molar-refractivity contribution in [3.05, 3.63) is 29.3 Å². The summed E-state index contributed by atoms with van der Waals surface area (Å²) in [4.78, 5) is 23.9. The number of rotatable bonds is 4. The molecule has 4 nitrogen and oxygen atoms in total. The molecule has 1 aliphatic rings. The zero-order valence-electron chi connectivity index (χ0n) is 13.1. The molecular formula is C17H23NO3. The molecule has 1 aromatic rings. The van der Waals surface area contributed by atoms with Crippen LogP contribution in [-0.2, 0) is 9.59 Å². The van der Waals surface area contributed by atoms with Crippen LogP contribution in [0.1, 0.15) is 43.7 Å². The second-order valence-electron chi connectivity index (χ2n) is 6.19. The van der Waals surface area contributed by atoms with Gasteiger partial charge in [-0.25, -0.2) is 0 Å². The Morgan fingerprint density at radius 3 is 2.62 bits per heavy atom. The van der Waals surface area contributed by atoms with Crippen LogP contribution in [0.4, 0.5) is 0 Å². The third-order valence-corrected chi connectivity index (χ3v) is 4.06. The van der Waals surface area contributed by atoms with E-state index in [1.165, 1.54) is 0 Å². The van der Waals surface area contributed by atoms with Gasteiger partial charge in [0.2, 0.25) is 11.8 Å². The number of aryl methyl sites for hydroxylation is 1. The van der Waals surface area contributed by atoms with E-state index < -0.39 is 0 Å². The summed E-state index contributed by atoms with van der Waals surface area (Å²) in [7, 11) is 1.64. The summed E-state index contributed by atoms with van der Waals surface area (Å²) in [5.74, 6) is 0.729. The first-order valence-electron chi connectivity index (χ1n) is 7.40. The first-order chi connectivity index (χ1) is 9.92. The molecule has 2 atom stereocenters. The molecule has 4 heteroatoms. The lowest BCUT2D eigenvalue weighted by Crippen LogP contribution is -2.45. The van der Waals surface area contributed by atoms with Crippen LogP contribution >= 0.6 is 0 Å².